The molecule has 1 aliphatic heterocycles. The van der Waals surface area contributed by atoms with Crippen LogP contribution in [0.1, 0.15) is 36.6 Å². The van der Waals surface area contributed by atoms with Crippen LogP contribution in [0.15, 0.2) is 48.5 Å². The summed E-state index contributed by atoms with van der Waals surface area (Å²) in [7, 11) is 4.81. The van der Waals surface area contributed by atoms with Gasteiger partial charge >= 0.3 is 0 Å². The minimum atomic E-state index is -0.342. The smallest absolute Gasteiger partial charge is 0.261 e. The van der Waals surface area contributed by atoms with Gasteiger partial charge in [0.15, 0.2) is 0 Å². The van der Waals surface area contributed by atoms with Crippen LogP contribution in [0.5, 0.6) is 0 Å². The van der Waals surface area contributed by atoms with Crippen LogP contribution >= 0.6 is 0 Å². The highest BCUT2D eigenvalue weighted by Gasteiger charge is 2.35. The quantitative estimate of drug-likeness (QED) is 0.740. The van der Waals surface area contributed by atoms with Gasteiger partial charge in [-0.05, 0) is 29.8 Å². The fourth-order valence-corrected chi connectivity index (χ4v) is 3.00. The molecule has 0 N–H and O–H groups in total. The van der Waals surface area contributed by atoms with E-state index in [9.17, 15) is 19.2 Å². The SMILES string of the molecule is CN(C)C(=O)CN(C)C(=O)c1cccc(CN2C(=O)c3ccccc3C2=O)c1. The second-order valence-corrected chi connectivity index (χ2v) is 6.89. The van der Waals surface area contributed by atoms with Crippen LogP contribution in [0.3, 0.4) is 0 Å². The second-order valence-electron chi connectivity index (χ2n) is 6.89. The zero-order valence-corrected chi connectivity index (χ0v) is 16.0. The molecule has 0 aromatic heterocycles. The molecule has 0 unspecified atom stereocenters. The molecular weight excluding hydrogens is 358 g/mol. The van der Waals surface area contributed by atoms with Crippen molar-refractivity contribution in [2.24, 2.45) is 0 Å². The van der Waals surface area contributed by atoms with Crippen molar-refractivity contribution in [2.75, 3.05) is 27.7 Å². The predicted octanol–water partition coefficient (Wildman–Crippen LogP) is 1.64. The molecule has 7 heteroatoms. The van der Waals surface area contributed by atoms with E-state index in [0.29, 0.717) is 22.3 Å². The number of carbonyl (C=O) groups excluding carboxylic acids is 4. The normalized spacial score (nSPS) is 12.8. The summed E-state index contributed by atoms with van der Waals surface area (Å²) in [4.78, 5) is 53.4. The highest BCUT2D eigenvalue weighted by molar-refractivity contribution is 6.21. The molecule has 144 valence electrons. The fourth-order valence-electron chi connectivity index (χ4n) is 3.00. The van der Waals surface area contributed by atoms with E-state index in [0.717, 1.165) is 0 Å². The Morgan fingerprint density at radius 3 is 2.07 bits per heavy atom. The summed E-state index contributed by atoms with van der Waals surface area (Å²) in [6, 6.07) is 13.4. The molecule has 0 bridgehead atoms. The van der Waals surface area contributed by atoms with Crippen LogP contribution in [-0.2, 0) is 11.3 Å². The highest BCUT2D eigenvalue weighted by atomic mass is 16.2. The van der Waals surface area contributed by atoms with E-state index < -0.39 is 0 Å². The third-order valence-corrected chi connectivity index (χ3v) is 4.61. The van der Waals surface area contributed by atoms with Crippen LogP contribution in [0.4, 0.5) is 0 Å². The zero-order valence-electron chi connectivity index (χ0n) is 16.0. The highest BCUT2D eigenvalue weighted by Crippen LogP contribution is 2.24. The van der Waals surface area contributed by atoms with Crippen molar-refractivity contribution in [2.45, 2.75) is 6.54 Å². The molecule has 7 nitrogen and oxygen atoms in total. The number of carbonyl (C=O) groups is 4. The summed E-state index contributed by atoms with van der Waals surface area (Å²) >= 11 is 0. The molecule has 2 aromatic carbocycles. The lowest BCUT2D eigenvalue weighted by Gasteiger charge is -2.20. The summed E-state index contributed by atoms with van der Waals surface area (Å²) < 4.78 is 0. The molecule has 2 aromatic rings. The second kappa shape index (κ2) is 7.64. The Morgan fingerprint density at radius 2 is 1.50 bits per heavy atom. The average molecular weight is 379 g/mol. The standard InChI is InChI=1S/C21H21N3O4/c1-22(2)18(25)13-23(3)19(26)15-8-6-7-14(11-15)12-24-20(27)16-9-4-5-10-17(16)21(24)28/h4-11H,12-13H2,1-3H3. The summed E-state index contributed by atoms with van der Waals surface area (Å²) in [5, 5.41) is 0. The summed E-state index contributed by atoms with van der Waals surface area (Å²) in [5.41, 5.74) is 1.83. The van der Waals surface area contributed by atoms with Gasteiger partial charge in [-0.25, -0.2) is 0 Å². The number of hydrogen-bond donors (Lipinski definition) is 0. The van der Waals surface area contributed by atoms with Crippen molar-refractivity contribution < 1.29 is 19.2 Å². The van der Waals surface area contributed by atoms with E-state index in [1.165, 1.54) is 14.7 Å². The van der Waals surface area contributed by atoms with Gasteiger partial charge in [0.1, 0.15) is 0 Å². The van der Waals surface area contributed by atoms with E-state index in [1.54, 1.807) is 69.7 Å². The van der Waals surface area contributed by atoms with Crippen LogP contribution in [0.2, 0.25) is 0 Å². The van der Waals surface area contributed by atoms with Crippen molar-refractivity contribution in [3.05, 3.63) is 70.8 Å². The van der Waals surface area contributed by atoms with Gasteiger partial charge in [0.2, 0.25) is 5.91 Å². The largest absolute Gasteiger partial charge is 0.347 e. The lowest BCUT2D eigenvalue weighted by Crippen LogP contribution is -2.37. The summed E-state index contributed by atoms with van der Waals surface area (Å²) in [5.74, 6) is -1.17. The third kappa shape index (κ3) is 3.64. The van der Waals surface area contributed by atoms with Crippen molar-refractivity contribution in [3.63, 3.8) is 0 Å². The van der Waals surface area contributed by atoms with Gasteiger partial charge in [-0.1, -0.05) is 24.3 Å². The van der Waals surface area contributed by atoms with Crippen LogP contribution in [-0.4, -0.2) is 66.0 Å². The van der Waals surface area contributed by atoms with E-state index in [2.05, 4.69) is 0 Å². The number of rotatable bonds is 5. The Labute approximate surface area is 163 Å². The first-order valence-electron chi connectivity index (χ1n) is 8.79. The monoisotopic (exact) mass is 379 g/mol. The Kier molecular flexibility index (Phi) is 5.26. The zero-order chi connectivity index (χ0) is 20.4. The van der Waals surface area contributed by atoms with Crippen LogP contribution < -0.4 is 0 Å². The lowest BCUT2D eigenvalue weighted by molar-refractivity contribution is -0.129. The van der Waals surface area contributed by atoms with Crippen molar-refractivity contribution in [1.29, 1.82) is 0 Å². The molecule has 1 aliphatic rings. The molecule has 0 saturated carbocycles. The molecule has 0 radical (unpaired) electrons. The maximum absolute atomic E-state index is 12.6. The maximum atomic E-state index is 12.6. The molecule has 28 heavy (non-hydrogen) atoms. The van der Waals surface area contributed by atoms with Gasteiger partial charge in [-0.3, -0.25) is 24.1 Å². The molecule has 0 spiro atoms. The number of fused-ring (bicyclic) bond motifs is 1. The van der Waals surface area contributed by atoms with Crippen molar-refractivity contribution >= 4 is 23.6 Å². The van der Waals surface area contributed by atoms with E-state index >= 15 is 0 Å². The number of hydrogen-bond acceptors (Lipinski definition) is 4. The fraction of sp³-hybridized carbons (Fsp3) is 0.238. The minimum absolute atomic E-state index is 0.0333. The van der Waals surface area contributed by atoms with E-state index in [1.807, 2.05) is 0 Å². The number of amides is 4. The summed E-state index contributed by atoms with van der Waals surface area (Å²) in [6.07, 6.45) is 0. The third-order valence-electron chi connectivity index (χ3n) is 4.61. The predicted molar refractivity (Wildman–Crippen MR) is 103 cm³/mol. The van der Waals surface area contributed by atoms with E-state index in [4.69, 9.17) is 0 Å². The molecule has 3 rings (SSSR count). The van der Waals surface area contributed by atoms with Crippen molar-refractivity contribution in [3.8, 4) is 0 Å². The van der Waals surface area contributed by atoms with Gasteiger partial charge in [-0.2, -0.15) is 0 Å². The Bertz CT molecular complexity index is 933. The first-order chi connectivity index (χ1) is 13.3. The topological polar surface area (TPSA) is 78.0 Å². The Hall–Kier alpha value is -3.48. The van der Waals surface area contributed by atoms with Crippen LogP contribution in [0, 0.1) is 0 Å². The van der Waals surface area contributed by atoms with E-state index in [-0.39, 0.29) is 36.7 Å². The molecular formula is C21H21N3O4. The summed E-state index contributed by atoms with van der Waals surface area (Å²) in [6.45, 7) is 0.0439. The molecule has 0 atom stereocenters. The molecule has 0 aliphatic carbocycles. The molecule has 4 amide bonds. The van der Waals surface area contributed by atoms with Crippen LogP contribution in [0.25, 0.3) is 0 Å². The molecule has 0 saturated heterocycles. The first kappa shape index (κ1) is 19.3. The molecule has 0 fully saturated rings. The van der Waals surface area contributed by atoms with Gasteiger partial charge in [0, 0.05) is 26.7 Å². The molecule has 1 heterocycles. The number of likely N-dealkylation sites (N-methyl/N-ethyl adjacent to an activating group) is 2. The Morgan fingerprint density at radius 1 is 0.893 bits per heavy atom. The maximum Gasteiger partial charge on any atom is 0.261 e. The Balaban J connectivity index is 1.76. The number of nitrogens with zero attached hydrogens (tertiary/aromatic N) is 3. The lowest BCUT2D eigenvalue weighted by atomic mass is 10.1. The number of imide groups is 1. The first-order valence-corrected chi connectivity index (χ1v) is 8.79. The van der Waals surface area contributed by atoms with Crippen molar-refractivity contribution in [1.82, 2.24) is 14.7 Å². The van der Waals surface area contributed by atoms with Gasteiger partial charge in [-0.15, -0.1) is 0 Å². The minimum Gasteiger partial charge on any atom is -0.347 e. The average Bonchev–Trinajstić information content (AvgIpc) is 2.92. The van der Waals surface area contributed by atoms with Gasteiger partial charge < -0.3 is 9.80 Å². The van der Waals surface area contributed by atoms with Gasteiger partial charge in [0.25, 0.3) is 17.7 Å². The van der Waals surface area contributed by atoms with Gasteiger partial charge in [0.05, 0.1) is 24.2 Å². The number of benzene rings is 2.